The fraction of sp³-hybridized carbons (Fsp3) is 0.629. The molecule has 3 aliphatic rings. The molecule has 3 saturated carbocycles. The van der Waals surface area contributed by atoms with Gasteiger partial charge in [-0.15, -0.1) is 28.5 Å². The Morgan fingerprint density at radius 1 is 1.08 bits per heavy atom. The number of aromatic nitrogens is 4. The SMILES string of the molecule is C=CC[C@@H]1C[C@@]1(NC(=O)[C@@H]1C[C@@H](n2nnc(-c3ccc(SC)cc3)n2)CC1C(=O)C(NC(=O)OC(C)(C)C)C(C)(C)C)C(=O)NS(=O)(=O)C1CC1. The molecule has 3 fully saturated rings. The number of ether oxygens (including phenoxy) is 1. The first-order valence-electron chi connectivity index (χ1n) is 17.2. The van der Waals surface area contributed by atoms with E-state index in [9.17, 15) is 27.6 Å². The molecule has 1 aromatic heterocycles. The molecule has 278 valence electrons. The van der Waals surface area contributed by atoms with Gasteiger partial charge < -0.3 is 15.4 Å². The minimum Gasteiger partial charge on any atom is -0.444 e. The molecule has 16 heteroatoms. The zero-order valence-electron chi connectivity index (χ0n) is 30.3. The van der Waals surface area contributed by atoms with Gasteiger partial charge in [0.15, 0.2) is 5.78 Å². The van der Waals surface area contributed by atoms with Gasteiger partial charge in [-0.1, -0.05) is 26.8 Å². The fourth-order valence-corrected chi connectivity index (χ4v) is 8.46. The van der Waals surface area contributed by atoms with Gasteiger partial charge in [-0.3, -0.25) is 19.1 Å². The Morgan fingerprint density at radius 2 is 1.73 bits per heavy atom. The fourth-order valence-electron chi connectivity index (χ4n) is 6.69. The van der Waals surface area contributed by atoms with Crippen LogP contribution in [0.1, 0.15) is 86.1 Å². The lowest BCUT2D eigenvalue weighted by Crippen LogP contribution is -2.56. The van der Waals surface area contributed by atoms with Gasteiger partial charge in [0.1, 0.15) is 11.1 Å². The molecule has 0 bridgehead atoms. The second-order valence-electron chi connectivity index (χ2n) is 15.9. The van der Waals surface area contributed by atoms with Gasteiger partial charge in [-0.2, -0.15) is 4.80 Å². The number of alkyl carbamates (subject to hydrolysis) is 1. The average molecular weight is 744 g/mol. The minimum atomic E-state index is -3.88. The van der Waals surface area contributed by atoms with Crippen molar-refractivity contribution in [3.63, 3.8) is 0 Å². The molecule has 1 heterocycles. The van der Waals surface area contributed by atoms with E-state index in [2.05, 4.69) is 37.3 Å². The molecule has 3 amide bonds. The lowest BCUT2D eigenvalue weighted by Gasteiger charge is -2.34. The number of carbonyl (C=O) groups is 4. The van der Waals surface area contributed by atoms with E-state index in [1.807, 2.05) is 51.3 Å². The van der Waals surface area contributed by atoms with Gasteiger partial charge in [-0.05, 0) is 106 Å². The van der Waals surface area contributed by atoms with Crippen LogP contribution >= 0.6 is 11.8 Å². The average Bonchev–Trinajstić information content (AvgIpc) is 3.90. The van der Waals surface area contributed by atoms with E-state index in [0.29, 0.717) is 25.1 Å². The Morgan fingerprint density at radius 3 is 2.29 bits per heavy atom. The van der Waals surface area contributed by atoms with Crippen LogP contribution in [0.3, 0.4) is 0 Å². The van der Waals surface area contributed by atoms with Crippen molar-refractivity contribution in [3.8, 4) is 11.4 Å². The standard InChI is InChI=1S/C35H49N7O7S2/c1-9-10-21-19-35(21,31(45)40-51(47,48)24-15-16-24)37-30(44)26-18-22(42-39-29(38-41-42)20-11-13-23(50-8)14-12-20)17-25(26)27(43)28(33(2,3)4)36-32(46)49-34(5,6)7/h9,11-14,21-22,24-26,28H,1,10,15-19H2,2-8H3,(H,36,46)(H,37,44)(H,40,45)/t21-,22+,25?,26-,28?,35+/m1/s1. The van der Waals surface area contributed by atoms with Gasteiger partial charge in [0.25, 0.3) is 5.91 Å². The Balaban J connectivity index is 1.44. The van der Waals surface area contributed by atoms with Crippen LogP contribution in [0, 0.1) is 23.2 Å². The van der Waals surface area contributed by atoms with Crippen molar-refractivity contribution >= 4 is 45.5 Å². The van der Waals surface area contributed by atoms with Crippen LogP contribution in [0.15, 0.2) is 41.8 Å². The molecular weight excluding hydrogens is 695 g/mol. The number of rotatable bonds is 13. The van der Waals surface area contributed by atoms with E-state index < -0.39 is 73.7 Å². The summed E-state index contributed by atoms with van der Waals surface area (Å²) in [5.41, 5.74) is -2.29. The second-order valence-corrected chi connectivity index (χ2v) is 18.7. The maximum atomic E-state index is 14.5. The van der Waals surface area contributed by atoms with Crippen molar-refractivity contribution in [2.75, 3.05) is 6.26 Å². The normalized spacial score (nSPS) is 25.4. The summed E-state index contributed by atoms with van der Waals surface area (Å²) < 4.78 is 33.1. The van der Waals surface area contributed by atoms with E-state index in [4.69, 9.17) is 4.74 Å². The van der Waals surface area contributed by atoms with Crippen LogP contribution in [0.4, 0.5) is 4.79 Å². The Labute approximate surface area is 303 Å². The number of benzene rings is 1. The number of nitrogens with zero attached hydrogens (tertiary/aromatic N) is 4. The summed E-state index contributed by atoms with van der Waals surface area (Å²) in [5, 5.41) is 18.2. The Kier molecular flexibility index (Phi) is 10.8. The predicted octanol–water partition coefficient (Wildman–Crippen LogP) is 4.20. The van der Waals surface area contributed by atoms with Crippen LogP contribution < -0.4 is 15.4 Å². The topological polar surface area (TPSA) is 191 Å². The van der Waals surface area contributed by atoms with Crippen molar-refractivity contribution in [1.82, 2.24) is 35.6 Å². The number of carbonyl (C=O) groups excluding carboxylic acids is 4. The highest BCUT2D eigenvalue weighted by Crippen LogP contribution is 2.49. The van der Waals surface area contributed by atoms with Gasteiger partial charge in [-0.25, -0.2) is 13.2 Å². The third-order valence-electron chi connectivity index (χ3n) is 9.66. The first-order valence-corrected chi connectivity index (χ1v) is 20.0. The van der Waals surface area contributed by atoms with E-state index in [1.54, 1.807) is 38.6 Å². The summed E-state index contributed by atoms with van der Waals surface area (Å²) in [6.07, 6.45) is 4.67. The lowest BCUT2D eigenvalue weighted by molar-refractivity contribution is -0.137. The van der Waals surface area contributed by atoms with E-state index in [-0.39, 0.29) is 31.0 Å². The molecule has 3 aliphatic carbocycles. The van der Waals surface area contributed by atoms with Crippen molar-refractivity contribution in [2.24, 2.45) is 23.2 Å². The molecule has 6 atom stereocenters. The smallest absolute Gasteiger partial charge is 0.408 e. The number of amides is 3. The van der Waals surface area contributed by atoms with E-state index in [1.165, 1.54) is 4.80 Å². The maximum absolute atomic E-state index is 14.5. The van der Waals surface area contributed by atoms with Crippen molar-refractivity contribution in [1.29, 1.82) is 0 Å². The van der Waals surface area contributed by atoms with Crippen molar-refractivity contribution < 1.29 is 32.3 Å². The number of ketones is 1. The third kappa shape index (κ3) is 8.82. The zero-order chi connectivity index (χ0) is 37.5. The van der Waals surface area contributed by atoms with Gasteiger partial charge in [0, 0.05) is 22.3 Å². The first-order chi connectivity index (χ1) is 23.8. The quantitative estimate of drug-likeness (QED) is 0.197. The van der Waals surface area contributed by atoms with Crippen LogP contribution in [0.2, 0.25) is 0 Å². The summed E-state index contributed by atoms with van der Waals surface area (Å²) in [4.78, 5) is 57.9. The molecule has 14 nitrogen and oxygen atoms in total. The number of hydrogen-bond donors (Lipinski definition) is 3. The molecule has 51 heavy (non-hydrogen) atoms. The number of nitrogens with one attached hydrogen (secondary N) is 3. The largest absolute Gasteiger partial charge is 0.444 e. The number of Topliss-reactive ketones (excluding diaryl/α,β-unsaturated/α-hetero) is 1. The Hall–Kier alpha value is -3.79. The van der Waals surface area contributed by atoms with Gasteiger partial charge >= 0.3 is 6.09 Å². The van der Waals surface area contributed by atoms with Gasteiger partial charge in [0.05, 0.1) is 17.3 Å². The van der Waals surface area contributed by atoms with Crippen LogP contribution in [0.5, 0.6) is 0 Å². The molecule has 0 saturated heterocycles. The minimum absolute atomic E-state index is 0.136. The highest BCUT2D eigenvalue weighted by molar-refractivity contribution is 7.98. The summed E-state index contributed by atoms with van der Waals surface area (Å²) >= 11 is 1.61. The highest BCUT2D eigenvalue weighted by atomic mass is 32.2. The summed E-state index contributed by atoms with van der Waals surface area (Å²) in [7, 11) is -3.88. The third-order valence-corrected chi connectivity index (χ3v) is 12.2. The molecule has 1 aromatic carbocycles. The predicted molar refractivity (Wildman–Crippen MR) is 192 cm³/mol. The summed E-state index contributed by atoms with van der Waals surface area (Å²) in [6.45, 7) is 14.4. The molecular formula is C35H49N7O7S2. The zero-order valence-corrected chi connectivity index (χ0v) is 31.9. The van der Waals surface area contributed by atoms with Crippen molar-refractivity contribution in [3.05, 3.63) is 36.9 Å². The van der Waals surface area contributed by atoms with E-state index in [0.717, 1.165) is 10.5 Å². The number of sulfonamides is 1. The molecule has 5 rings (SSSR count). The molecule has 0 radical (unpaired) electrons. The molecule has 2 aromatic rings. The van der Waals surface area contributed by atoms with Crippen molar-refractivity contribution in [2.45, 2.75) is 113 Å². The molecule has 0 spiro atoms. The summed E-state index contributed by atoms with van der Waals surface area (Å²) in [6, 6.07) is 6.14. The maximum Gasteiger partial charge on any atom is 0.408 e. The number of tetrazole rings is 1. The lowest BCUT2D eigenvalue weighted by atomic mass is 9.77. The molecule has 0 aliphatic heterocycles. The molecule has 3 N–H and O–H groups in total. The number of allylic oxidation sites excluding steroid dienone is 1. The van der Waals surface area contributed by atoms with Crippen LogP contribution in [-0.2, 0) is 29.1 Å². The van der Waals surface area contributed by atoms with Gasteiger partial charge in [0.2, 0.25) is 21.8 Å². The van der Waals surface area contributed by atoms with Crippen LogP contribution in [-0.4, -0.2) is 81.0 Å². The van der Waals surface area contributed by atoms with Crippen LogP contribution in [0.25, 0.3) is 11.4 Å². The monoisotopic (exact) mass is 743 g/mol. The first kappa shape index (κ1) is 38.4. The number of hydrogen-bond acceptors (Lipinski definition) is 11. The summed E-state index contributed by atoms with van der Waals surface area (Å²) in [5.74, 6) is -3.60. The number of thioether (sulfide) groups is 1. The molecule has 2 unspecified atom stereocenters. The van der Waals surface area contributed by atoms with E-state index >= 15 is 0 Å². The second kappa shape index (κ2) is 14.3. The highest BCUT2D eigenvalue weighted by Gasteiger charge is 2.62. The Bertz CT molecular complexity index is 1780.